The zero-order valence-corrected chi connectivity index (χ0v) is 13.9. The number of carbonyl (C=O) groups is 2. The average molecular weight is 343 g/mol. The van der Waals surface area contributed by atoms with Gasteiger partial charge in [-0.1, -0.05) is 12.1 Å². The number of hydrogen-bond donors (Lipinski definition) is 1. The van der Waals surface area contributed by atoms with E-state index in [1.165, 1.54) is 0 Å². The Labute approximate surface area is 145 Å². The molecule has 1 amide bonds. The molecule has 8 nitrogen and oxygen atoms in total. The first-order chi connectivity index (χ1) is 12.1. The Morgan fingerprint density at radius 2 is 2.20 bits per heavy atom. The van der Waals surface area contributed by atoms with Gasteiger partial charge < -0.3 is 10.0 Å². The van der Waals surface area contributed by atoms with Crippen molar-refractivity contribution in [3.63, 3.8) is 0 Å². The molecule has 1 aliphatic rings. The number of nitrogens with zero attached hydrogens (tertiary/aromatic N) is 5. The third-order valence-electron chi connectivity index (χ3n) is 4.51. The highest BCUT2D eigenvalue weighted by atomic mass is 16.4. The van der Waals surface area contributed by atoms with Crippen molar-refractivity contribution in [3.8, 4) is 0 Å². The Bertz CT molecular complexity index is 732. The SMILES string of the molecule is O=C(O)c1cccc(C[C@@H]2CCN(C(=O)CCCn3cnnn3)C2)c1. The first-order valence-electron chi connectivity index (χ1n) is 8.42. The Morgan fingerprint density at radius 1 is 1.32 bits per heavy atom. The number of carbonyl (C=O) groups excluding carboxylic acids is 1. The zero-order chi connectivity index (χ0) is 17.6. The van der Waals surface area contributed by atoms with Crippen LogP contribution in [-0.4, -0.2) is 55.2 Å². The van der Waals surface area contributed by atoms with E-state index in [9.17, 15) is 9.59 Å². The van der Waals surface area contributed by atoms with Gasteiger partial charge in [0.05, 0.1) is 5.56 Å². The van der Waals surface area contributed by atoms with Crippen molar-refractivity contribution in [1.29, 1.82) is 0 Å². The van der Waals surface area contributed by atoms with Crippen LogP contribution in [0.3, 0.4) is 0 Å². The van der Waals surface area contributed by atoms with Crippen LogP contribution >= 0.6 is 0 Å². The van der Waals surface area contributed by atoms with E-state index in [1.807, 2.05) is 11.0 Å². The minimum atomic E-state index is -0.910. The molecule has 2 heterocycles. The number of aromatic carboxylic acids is 1. The molecule has 0 bridgehead atoms. The van der Waals surface area contributed by atoms with E-state index in [0.717, 1.165) is 31.5 Å². The molecule has 1 saturated heterocycles. The monoisotopic (exact) mass is 343 g/mol. The Balaban J connectivity index is 1.45. The number of aromatic nitrogens is 4. The second-order valence-corrected chi connectivity index (χ2v) is 6.38. The molecular formula is C17H21N5O3. The molecule has 2 aromatic rings. The first-order valence-corrected chi connectivity index (χ1v) is 8.42. The van der Waals surface area contributed by atoms with Crippen LogP contribution in [0.4, 0.5) is 0 Å². The summed E-state index contributed by atoms with van der Waals surface area (Å²) in [6.45, 7) is 2.14. The highest BCUT2D eigenvalue weighted by Crippen LogP contribution is 2.22. The third-order valence-corrected chi connectivity index (χ3v) is 4.51. The fourth-order valence-electron chi connectivity index (χ4n) is 3.22. The molecule has 1 aromatic carbocycles. The van der Waals surface area contributed by atoms with Crippen LogP contribution in [-0.2, 0) is 17.8 Å². The number of aryl methyl sites for hydroxylation is 1. The molecule has 1 N–H and O–H groups in total. The van der Waals surface area contributed by atoms with E-state index < -0.39 is 5.97 Å². The number of carboxylic acids is 1. The number of tetrazole rings is 1. The molecule has 8 heteroatoms. The van der Waals surface area contributed by atoms with Crippen LogP contribution in [0.15, 0.2) is 30.6 Å². The quantitative estimate of drug-likeness (QED) is 0.812. The van der Waals surface area contributed by atoms with Crippen LogP contribution in [0.25, 0.3) is 0 Å². The predicted molar refractivity (Wildman–Crippen MR) is 88.8 cm³/mol. The van der Waals surface area contributed by atoms with Crippen LogP contribution in [0.5, 0.6) is 0 Å². The summed E-state index contributed by atoms with van der Waals surface area (Å²) >= 11 is 0. The molecule has 3 rings (SSSR count). The summed E-state index contributed by atoms with van der Waals surface area (Å²) in [4.78, 5) is 25.3. The van der Waals surface area contributed by atoms with E-state index >= 15 is 0 Å². The normalized spacial score (nSPS) is 17.0. The Kier molecular flexibility index (Phi) is 5.37. The number of amides is 1. The van der Waals surface area contributed by atoms with Crippen molar-refractivity contribution in [2.45, 2.75) is 32.2 Å². The fraction of sp³-hybridized carbons (Fsp3) is 0.471. The Hall–Kier alpha value is -2.77. The van der Waals surface area contributed by atoms with Crippen molar-refractivity contribution in [1.82, 2.24) is 25.1 Å². The first kappa shape index (κ1) is 17.1. The van der Waals surface area contributed by atoms with Crippen LogP contribution in [0.2, 0.25) is 0 Å². The summed E-state index contributed by atoms with van der Waals surface area (Å²) in [7, 11) is 0. The molecule has 1 aromatic heterocycles. The molecule has 132 valence electrons. The van der Waals surface area contributed by atoms with Crippen LogP contribution < -0.4 is 0 Å². The van der Waals surface area contributed by atoms with E-state index in [4.69, 9.17) is 5.11 Å². The lowest BCUT2D eigenvalue weighted by atomic mass is 9.97. The maximum Gasteiger partial charge on any atom is 0.335 e. The van der Waals surface area contributed by atoms with Gasteiger partial charge in [0.15, 0.2) is 0 Å². The molecule has 25 heavy (non-hydrogen) atoms. The lowest BCUT2D eigenvalue weighted by molar-refractivity contribution is -0.130. The van der Waals surface area contributed by atoms with Crippen molar-refractivity contribution < 1.29 is 14.7 Å². The summed E-state index contributed by atoms with van der Waals surface area (Å²) in [6, 6.07) is 7.04. The molecule has 0 unspecified atom stereocenters. The Morgan fingerprint density at radius 3 is 2.96 bits per heavy atom. The maximum absolute atomic E-state index is 12.3. The smallest absolute Gasteiger partial charge is 0.335 e. The molecule has 0 saturated carbocycles. The highest BCUT2D eigenvalue weighted by molar-refractivity contribution is 5.87. The topological polar surface area (TPSA) is 101 Å². The van der Waals surface area contributed by atoms with Gasteiger partial charge in [0.25, 0.3) is 0 Å². The van der Waals surface area contributed by atoms with Gasteiger partial charge >= 0.3 is 5.97 Å². The molecule has 0 aliphatic carbocycles. The fourth-order valence-corrected chi connectivity index (χ4v) is 3.22. The molecule has 0 radical (unpaired) electrons. The highest BCUT2D eigenvalue weighted by Gasteiger charge is 2.26. The lowest BCUT2D eigenvalue weighted by Crippen LogP contribution is -2.29. The molecule has 0 spiro atoms. The van der Waals surface area contributed by atoms with Gasteiger partial charge in [-0.3, -0.25) is 4.79 Å². The second-order valence-electron chi connectivity index (χ2n) is 6.38. The number of benzene rings is 1. The van der Waals surface area contributed by atoms with Crippen LogP contribution in [0, 0.1) is 5.92 Å². The number of carboxylic acid groups (broad SMARTS) is 1. The summed E-state index contributed by atoms with van der Waals surface area (Å²) in [6.07, 6.45) is 4.50. The summed E-state index contributed by atoms with van der Waals surface area (Å²) < 4.78 is 1.62. The average Bonchev–Trinajstić information content (AvgIpc) is 3.27. The second kappa shape index (κ2) is 7.87. The molecule has 1 atom stereocenters. The van der Waals surface area contributed by atoms with E-state index in [-0.39, 0.29) is 5.91 Å². The maximum atomic E-state index is 12.3. The van der Waals surface area contributed by atoms with Gasteiger partial charge in [-0.2, -0.15) is 0 Å². The van der Waals surface area contributed by atoms with E-state index in [2.05, 4.69) is 15.5 Å². The minimum absolute atomic E-state index is 0.162. The molecular weight excluding hydrogens is 322 g/mol. The van der Waals surface area contributed by atoms with Gasteiger partial charge in [0.2, 0.25) is 5.91 Å². The van der Waals surface area contributed by atoms with Gasteiger partial charge in [0.1, 0.15) is 6.33 Å². The van der Waals surface area contributed by atoms with Crippen LogP contribution in [0.1, 0.15) is 35.2 Å². The van der Waals surface area contributed by atoms with Crippen molar-refractivity contribution in [2.24, 2.45) is 5.92 Å². The van der Waals surface area contributed by atoms with Gasteiger partial charge in [-0.15, -0.1) is 5.10 Å². The predicted octanol–water partition coefficient (Wildman–Crippen LogP) is 1.24. The molecule has 1 aliphatic heterocycles. The van der Waals surface area contributed by atoms with Gasteiger partial charge in [0, 0.05) is 26.1 Å². The largest absolute Gasteiger partial charge is 0.478 e. The van der Waals surface area contributed by atoms with E-state index in [1.54, 1.807) is 29.2 Å². The summed E-state index contributed by atoms with van der Waals surface area (Å²) in [5.74, 6) is -0.366. The van der Waals surface area contributed by atoms with Gasteiger partial charge in [-0.25, -0.2) is 9.48 Å². The minimum Gasteiger partial charge on any atom is -0.478 e. The lowest BCUT2D eigenvalue weighted by Gasteiger charge is -2.16. The van der Waals surface area contributed by atoms with Crippen molar-refractivity contribution in [2.75, 3.05) is 13.1 Å². The molecule has 1 fully saturated rings. The summed E-state index contributed by atoms with van der Waals surface area (Å²) in [5.41, 5.74) is 1.32. The number of likely N-dealkylation sites (tertiary alicyclic amines) is 1. The zero-order valence-electron chi connectivity index (χ0n) is 13.9. The van der Waals surface area contributed by atoms with Crippen molar-refractivity contribution >= 4 is 11.9 Å². The standard InChI is InChI=1S/C17H21N5O3/c23-16(5-2-7-22-12-18-19-20-22)21-8-6-14(11-21)9-13-3-1-4-15(10-13)17(24)25/h1,3-4,10,12,14H,2,5-9,11H2,(H,24,25)/t14-/m0/s1. The van der Waals surface area contributed by atoms with Crippen molar-refractivity contribution in [3.05, 3.63) is 41.7 Å². The number of hydrogen-bond acceptors (Lipinski definition) is 5. The number of rotatable bonds is 7. The summed E-state index contributed by atoms with van der Waals surface area (Å²) in [5, 5.41) is 20.0. The van der Waals surface area contributed by atoms with Gasteiger partial charge in [-0.05, 0) is 53.3 Å². The third kappa shape index (κ3) is 4.62. The van der Waals surface area contributed by atoms with E-state index in [0.29, 0.717) is 30.9 Å².